The summed E-state index contributed by atoms with van der Waals surface area (Å²) in [6.07, 6.45) is 0.0650. The van der Waals surface area contributed by atoms with Crippen molar-refractivity contribution in [2.45, 2.75) is 45.2 Å². The number of amides is 2. The fraction of sp³-hybridized carbons (Fsp3) is 0.419. The number of carbonyl (C=O) groups excluding carboxylic acids is 2. The number of hydrogen-bond donors (Lipinski definition) is 2. The van der Waals surface area contributed by atoms with Crippen LogP contribution in [0.3, 0.4) is 0 Å². The molecule has 3 aromatic rings. The van der Waals surface area contributed by atoms with Crippen molar-refractivity contribution in [3.63, 3.8) is 0 Å². The molecule has 2 aromatic heterocycles. The largest absolute Gasteiger partial charge is 0.477 e. The predicted molar refractivity (Wildman–Crippen MR) is 156 cm³/mol. The summed E-state index contributed by atoms with van der Waals surface area (Å²) < 4.78 is 46.7. The monoisotopic (exact) mass is 596 g/mol. The highest BCUT2D eigenvalue weighted by atomic mass is 19.3. The molecule has 12 heteroatoms. The molecule has 43 heavy (non-hydrogen) atoms. The van der Waals surface area contributed by atoms with Crippen LogP contribution in [0.1, 0.15) is 59.5 Å². The van der Waals surface area contributed by atoms with Crippen molar-refractivity contribution in [3.05, 3.63) is 71.3 Å². The highest BCUT2D eigenvalue weighted by Gasteiger charge is 2.34. The van der Waals surface area contributed by atoms with Crippen LogP contribution in [0.4, 0.5) is 18.9 Å². The number of carbonyl (C=O) groups is 2. The summed E-state index contributed by atoms with van der Waals surface area (Å²) in [7, 11) is 0. The minimum atomic E-state index is -2.98. The molecule has 0 radical (unpaired) electrons. The number of anilines is 1. The van der Waals surface area contributed by atoms with E-state index in [0.717, 1.165) is 25.1 Å². The van der Waals surface area contributed by atoms with Crippen LogP contribution in [0.5, 0.6) is 5.88 Å². The van der Waals surface area contributed by atoms with E-state index in [1.807, 2.05) is 36.9 Å². The van der Waals surface area contributed by atoms with E-state index in [9.17, 15) is 22.8 Å². The Kier molecular flexibility index (Phi) is 9.44. The van der Waals surface area contributed by atoms with Gasteiger partial charge in [0.2, 0.25) is 5.88 Å². The van der Waals surface area contributed by atoms with Crippen LogP contribution >= 0.6 is 0 Å². The third kappa shape index (κ3) is 6.58. The van der Waals surface area contributed by atoms with Crippen LogP contribution in [0.2, 0.25) is 0 Å². The molecule has 2 fully saturated rings. The number of hydrogen-bond acceptors (Lipinski definition) is 7. The molecule has 0 aliphatic carbocycles. The van der Waals surface area contributed by atoms with Gasteiger partial charge in [-0.05, 0) is 68.8 Å². The van der Waals surface area contributed by atoms with Crippen molar-refractivity contribution in [2.75, 3.05) is 44.2 Å². The average molecular weight is 597 g/mol. The number of rotatable bonds is 9. The second-order valence-corrected chi connectivity index (χ2v) is 10.6. The molecule has 2 aliphatic rings. The minimum Gasteiger partial charge on any atom is -0.477 e. The average Bonchev–Trinajstić information content (AvgIpc) is 3.53. The van der Waals surface area contributed by atoms with Gasteiger partial charge in [-0.15, -0.1) is 0 Å². The Hall–Kier alpha value is -4.19. The number of piperazine rings is 1. The van der Waals surface area contributed by atoms with E-state index in [2.05, 4.69) is 15.6 Å². The molecule has 2 N–H and O–H groups in total. The molecule has 0 bridgehead atoms. The Morgan fingerprint density at radius 3 is 2.72 bits per heavy atom. The van der Waals surface area contributed by atoms with Gasteiger partial charge in [0.1, 0.15) is 5.82 Å². The summed E-state index contributed by atoms with van der Waals surface area (Å²) >= 11 is 0. The summed E-state index contributed by atoms with van der Waals surface area (Å²) in [4.78, 5) is 39.8. The van der Waals surface area contributed by atoms with Crippen LogP contribution < -0.4 is 20.3 Å². The fourth-order valence-corrected chi connectivity index (χ4v) is 5.66. The molecular weight excluding hydrogens is 561 g/mol. The van der Waals surface area contributed by atoms with Crippen LogP contribution in [0.25, 0.3) is 11.3 Å². The number of ether oxygens (including phenoxy) is 1. The Bertz CT molecular complexity index is 1470. The summed E-state index contributed by atoms with van der Waals surface area (Å²) in [5, 5.41) is 6.34. The lowest BCUT2D eigenvalue weighted by molar-refractivity contribution is 0.0708. The lowest BCUT2D eigenvalue weighted by Crippen LogP contribution is -2.55. The zero-order valence-electron chi connectivity index (χ0n) is 24.2. The maximum Gasteiger partial charge on any atom is 0.272 e. The smallest absolute Gasteiger partial charge is 0.272 e. The zero-order valence-corrected chi connectivity index (χ0v) is 24.2. The first-order chi connectivity index (χ1) is 20.8. The van der Waals surface area contributed by atoms with Gasteiger partial charge in [-0.3, -0.25) is 9.59 Å². The van der Waals surface area contributed by atoms with E-state index in [1.165, 1.54) is 4.90 Å². The predicted octanol–water partition coefficient (Wildman–Crippen LogP) is 4.45. The fourth-order valence-electron chi connectivity index (χ4n) is 5.66. The summed E-state index contributed by atoms with van der Waals surface area (Å²) in [5.41, 5.74) is 1.22. The summed E-state index contributed by atoms with van der Waals surface area (Å²) in [5.74, 6) is -1.29. The van der Waals surface area contributed by atoms with Gasteiger partial charge in [0.05, 0.1) is 23.6 Å². The maximum absolute atomic E-state index is 13.7. The van der Waals surface area contributed by atoms with Crippen LogP contribution in [-0.2, 0) is 0 Å². The molecule has 228 valence electrons. The molecule has 2 saturated heterocycles. The number of pyridine rings is 2. The van der Waals surface area contributed by atoms with Gasteiger partial charge in [-0.1, -0.05) is 6.92 Å². The minimum absolute atomic E-state index is 0.0284. The molecule has 0 saturated carbocycles. The molecule has 9 nitrogen and oxygen atoms in total. The second-order valence-electron chi connectivity index (χ2n) is 10.6. The first-order valence-corrected chi connectivity index (χ1v) is 14.5. The van der Waals surface area contributed by atoms with Crippen LogP contribution in [-0.4, -0.2) is 78.1 Å². The third-order valence-corrected chi connectivity index (χ3v) is 7.84. The molecule has 0 unspecified atom stereocenters. The number of aromatic nitrogens is 2. The lowest BCUT2D eigenvalue weighted by atomic mass is 10.0. The number of benzene rings is 1. The van der Waals surface area contributed by atoms with Crippen molar-refractivity contribution >= 4 is 17.5 Å². The van der Waals surface area contributed by atoms with Gasteiger partial charge in [0.15, 0.2) is 5.69 Å². The van der Waals surface area contributed by atoms with E-state index in [4.69, 9.17) is 9.72 Å². The van der Waals surface area contributed by atoms with E-state index in [-0.39, 0.29) is 42.3 Å². The van der Waals surface area contributed by atoms with Crippen LogP contribution in [0, 0.1) is 5.82 Å². The van der Waals surface area contributed by atoms with Gasteiger partial charge in [-0.25, -0.2) is 23.1 Å². The maximum atomic E-state index is 13.7. The van der Waals surface area contributed by atoms with Gasteiger partial charge in [-0.2, -0.15) is 0 Å². The van der Waals surface area contributed by atoms with Crippen molar-refractivity contribution in [3.8, 4) is 17.1 Å². The molecule has 1 aromatic carbocycles. The molecular formula is C31H35F3N6O3. The van der Waals surface area contributed by atoms with Crippen molar-refractivity contribution in [2.24, 2.45) is 0 Å². The summed E-state index contributed by atoms with van der Waals surface area (Å²) in [6, 6.07) is 9.88. The topological polar surface area (TPSA) is 99.7 Å². The zero-order chi connectivity index (χ0) is 30.5. The Balaban J connectivity index is 1.46. The normalized spacial score (nSPS) is 18.7. The molecule has 5 rings (SSSR count). The SMILES string of the molecule is CCOc1ncccc1-c1ccc(N2CCN(C(=O)c3ccc(F)cc3C(F)F)C[C@H]2CC)c(C(=O)N[C@@H]2CCNC2)n1. The standard InChI is InChI=1S/C31H35F3N6O3/c1-3-21-18-39(31(42)22-8-7-19(32)16-24(22)28(33)34)14-15-40(21)26-10-9-25(23-6-5-12-36-30(23)43-4-2)38-27(26)29(41)37-20-11-13-35-17-20/h5-10,12,16,20-21,28,35H,3-4,11,13-15,17-18H2,1-2H3,(H,37,41)/t20-,21-/m1/s1. The van der Waals surface area contributed by atoms with E-state index in [0.29, 0.717) is 55.0 Å². The molecule has 2 aliphatic heterocycles. The van der Waals surface area contributed by atoms with E-state index in [1.54, 1.807) is 12.3 Å². The number of nitrogens with one attached hydrogen (secondary N) is 2. The van der Waals surface area contributed by atoms with Crippen molar-refractivity contribution < 1.29 is 27.5 Å². The Morgan fingerprint density at radius 1 is 1.16 bits per heavy atom. The Labute approximate surface area is 248 Å². The molecule has 0 spiro atoms. The van der Waals surface area contributed by atoms with Crippen molar-refractivity contribution in [1.29, 1.82) is 0 Å². The highest BCUT2D eigenvalue weighted by molar-refractivity contribution is 5.99. The van der Waals surface area contributed by atoms with Gasteiger partial charge in [0.25, 0.3) is 18.2 Å². The number of halogens is 3. The van der Waals surface area contributed by atoms with E-state index >= 15 is 0 Å². The van der Waals surface area contributed by atoms with Gasteiger partial charge < -0.3 is 25.2 Å². The van der Waals surface area contributed by atoms with Gasteiger partial charge >= 0.3 is 0 Å². The molecule has 2 amide bonds. The van der Waals surface area contributed by atoms with E-state index < -0.39 is 23.7 Å². The molecule has 4 heterocycles. The third-order valence-electron chi connectivity index (χ3n) is 7.84. The second kappa shape index (κ2) is 13.4. The first kappa shape index (κ1) is 30.3. The summed E-state index contributed by atoms with van der Waals surface area (Å²) in [6.45, 7) is 6.53. The van der Waals surface area contributed by atoms with Crippen molar-refractivity contribution in [1.82, 2.24) is 25.5 Å². The number of alkyl halides is 2. The lowest BCUT2D eigenvalue weighted by Gasteiger charge is -2.43. The Morgan fingerprint density at radius 2 is 2.00 bits per heavy atom. The van der Waals surface area contributed by atoms with Crippen LogP contribution in [0.15, 0.2) is 48.7 Å². The van der Waals surface area contributed by atoms with Gasteiger partial charge in [0, 0.05) is 55.6 Å². The molecule has 2 atom stereocenters. The highest BCUT2D eigenvalue weighted by Crippen LogP contribution is 2.33. The number of nitrogens with zero attached hydrogens (tertiary/aromatic N) is 4. The first-order valence-electron chi connectivity index (χ1n) is 14.5. The quantitative estimate of drug-likeness (QED) is 0.377.